The average molecular weight is 350 g/mol. The van der Waals surface area contributed by atoms with Crippen LogP contribution in [-0.4, -0.2) is 6.21 Å². The van der Waals surface area contributed by atoms with Gasteiger partial charge in [0.1, 0.15) is 5.69 Å². The molecule has 7 heteroatoms. The number of aliphatic imine (C=N–C) groups is 1. The van der Waals surface area contributed by atoms with Gasteiger partial charge in [-0.15, -0.1) is 0 Å². The van der Waals surface area contributed by atoms with Crippen molar-refractivity contribution in [2.24, 2.45) is 4.99 Å². The van der Waals surface area contributed by atoms with Crippen LogP contribution in [0.25, 0.3) is 0 Å². The lowest BCUT2D eigenvalue weighted by Gasteiger charge is -2.03. The van der Waals surface area contributed by atoms with E-state index in [0.29, 0.717) is 10.0 Å². The third-order valence-corrected chi connectivity index (χ3v) is 2.87. The number of hydrogen-bond donors (Lipinski definition) is 0. The third kappa shape index (κ3) is 2.72. The van der Waals surface area contributed by atoms with Crippen LogP contribution < -0.4 is 0 Å². The van der Waals surface area contributed by atoms with Gasteiger partial charge in [0.15, 0.2) is 23.3 Å². The summed E-state index contributed by atoms with van der Waals surface area (Å²) in [7, 11) is 0. The SMILES string of the molecule is Fc1c(F)c(F)c(N=Cc2cccc(Br)c2)c(F)c1F. The Hall–Kier alpha value is -1.76. The van der Waals surface area contributed by atoms with Crippen molar-refractivity contribution in [1.29, 1.82) is 0 Å². The molecule has 0 aliphatic carbocycles. The molecule has 0 amide bonds. The minimum atomic E-state index is -2.21. The maximum atomic E-state index is 13.3. The van der Waals surface area contributed by atoms with E-state index in [1.165, 1.54) is 0 Å². The molecular formula is C13H5BrF5N. The van der Waals surface area contributed by atoms with Crippen molar-refractivity contribution >= 4 is 27.8 Å². The van der Waals surface area contributed by atoms with Gasteiger partial charge in [0.05, 0.1) is 0 Å². The van der Waals surface area contributed by atoms with E-state index in [0.717, 1.165) is 6.21 Å². The van der Waals surface area contributed by atoms with Gasteiger partial charge in [0, 0.05) is 10.7 Å². The van der Waals surface area contributed by atoms with Crippen molar-refractivity contribution in [2.45, 2.75) is 0 Å². The Morgan fingerprint density at radius 2 is 1.40 bits per heavy atom. The number of nitrogens with zero attached hydrogens (tertiary/aromatic N) is 1. The predicted octanol–water partition coefficient (Wildman–Crippen LogP) is 4.90. The number of hydrogen-bond acceptors (Lipinski definition) is 1. The van der Waals surface area contributed by atoms with E-state index in [9.17, 15) is 22.0 Å². The fraction of sp³-hybridized carbons (Fsp3) is 0. The van der Waals surface area contributed by atoms with Gasteiger partial charge in [0.25, 0.3) is 0 Å². The Balaban J connectivity index is 2.49. The molecule has 0 aliphatic rings. The van der Waals surface area contributed by atoms with Crippen molar-refractivity contribution < 1.29 is 22.0 Å². The second kappa shape index (κ2) is 5.70. The lowest BCUT2D eigenvalue weighted by Crippen LogP contribution is -2.00. The summed E-state index contributed by atoms with van der Waals surface area (Å²) in [5.74, 6) is -10.2. The largest absolute Gasteiger partial charge is 0.250 e. The molecular weight excluding hydrogens is 345 g/mol. The van der Waals surface area contributed by atoms with Crippen LogP contribution in [0.3, 0.4) is 0 Å². The van der Waals surface area contributed by atoms with Gasteiger partial charge in [0.2, 0.25) is 5.82 Å². The number of halogens is 6. The highest BCUT2D eigenvalue weighted by Crippen LogP contribution is 2.29. The normalized spacial score (nSPS) is 11.3. The van der Waals surface area contributed by atoms with Crippen LogP contribution in [0.15, 0.2) is 33.7 Å². The maximum absolute atomic E-state index is 13.3. The van der Waals surface area contributed by atoms with Crippen LogP contribution in [-0.2, 0) is 0 Å². The summed E-state index contributed by atoms with van der Waals surface area (Å²) < 4.78 is 66.1. The first-order valence-electron chi connectivity index (χ1n) is 5.23. The van der Waals surface area contributed by atoms with E-state index in [1.807, 2.05) is 0 Å². The van der Waals surface area contributed by atoms with Crippen LogP contribution in [0.5, 0.6) is 0 Å². The molecule has 2 aromatic rings. The molecule has 2 rings (SSSR count). The quantitative estimate of drug-likeness (QED) is 0.316. The van der Waals surface area contributed by atoms with Gasteiger partial charge in [-0.25, -0.2) is 26.9 Å². The van der Waals surface area contributed by atoms with Gasteiger partial charge < -0.3 is 0 Å². The summed E-state index contributed by atoms with van der Waals surface area (Å²) in [5, 5.41) is 0. The number of rotatable bonds is 2. The second-order valence-electron chi connectivity index (χ2n) is 3.73. The first-order chi connectivity index (χ1) is 9.41. The third-order valence-electron chi connectivity index (χ3n) is 2.38. The van der Waals surface area contributed by atoms with E-state index in [2.05, 4.69) is 20.9 Å². The highest BCUT2D eigenvalue weighted by atomic mass is 79.9. The van der Waals surface area contributed by atoms with Crippen molar-refractivity contribution in [3.8, 4) is 0 Å². The molecule has 0 N–H and O–H groups in total. The molecule has 0 aliphatic heterocycles. The minimum Gasteiger partial charge on any atom is -0.250 e. The molecule has 0 fully saturated rings. The van der Waals surface area contributed by atoms with Gasteiger partial charge >= 0.3 is 0 Å². The van der Waals surface area contributed by atoms with E-state index in [1.54, 1.807) is 24.3 Å². The first kappa shape index (κ1) is 14.6. The monoisotopic (exact) mass is 349 g/mol. The van der Waals surface area contributed by atoms with E-state index < -0.39 is 34.8 Å². The molecule has 0 atom stereocenters. The lowest BCUT2D eigenvalue weighted by molar-refractivity contribution is 0.381. The van der Waals surface area contributed by atoms with Crippen molar-refractivity contribution in [2.75, 3.05) is 0 Å². The molecule has 0 heterocycles. The molecule has 0 saturated carbocycles. The molecule has 104 valence electrons. The summed E-state index contributed by atoms with van der Waals surface area (Å²) in [6, 6.07) is 6.45. The smallest absolute Gasteiger partial charge is 0.200 e. The highest BCUT2D eigenvalue weighted by molar-refractivity contribution is 9.10. The highest BCUT2D eigenvalue weighted by Gasteiger charge is 2.25. The average Bonchev–Trinajstić information content (AvgIpc) is 2.43. The molecule has 0 aromatic heterocycles. The first-order valence-corrected chi connectivity index (χ1v) is 6.02. The summed E-state index contributed by atoms with van der Waals surface area (Å²) in [5.41, 5.74) is -0.787. The fourth-order valence-electron chi connectivity index (χ4n) is 1.43. The lowest BCUT2D eigenvalue weighted by atomic mass is 10.2. The van der Waals surface area contributed by atoms with Crippen molar-refractivity contribution in [3.05, 3.63) is 63.4 Å². The van der Waals surface area contributed by atoms with Crippen LogP contribution in [0.4, 0.5) is 27.6 Å². The summed E-state index contributed by atoms with van der Waals surface area (Å²) in [6.45, 7) is 0. The summed E-state index contributed by atoms with van der Waals surface area (Å²) >= 11 is 3.17. The molecule has 0 bridgehead atoms. The molecule has 0 saturated heterocycles. The van der Waals surface area contributed by atoms with Crippen molar-refractivity contribution in [1.82, 2.24) is 0 Å². The van der Waals surface area contributed by atoms with Crippen LogP contribution in [0.1, 0.15) is 5.56 Å². The topological polar surface area (TPSA) is 12.4 Å². The summed E-state index contributed by atoms with van der Waals surface area (Å²) in [6.07, 6.45) is 1.00. The standard InChI is InChI=1S/C13H5BrF5N/c14-7-3-1-2-6(4-7)5-20-13-11(18)9(16)8(15)10(17)12(13)19/h1-5H. The summed E-state index contributed by atoms with van der Waals surface area (Å²) in [4.78, 5) is 3.34. The van der Waals surface area contributed by atoms with Gasteiger partial charge in [-0.05, 0) is 17.7 Å². The van der Waals surface area contributed by atoms with E-state index in [-0.39, 0.29) is 0 Å². The van der Waals surface area contributed by atoms with E-state index >= 15 is 0 Å². The Kier molecular flexibility index (Phi) is 4.17. The van der Waals surface area contributed by atoms with Crippen LogP contribution in [0.2, 0.25) is 0 Å². The maximum Gasteiger partial charge on any atom is 0.200 e. The van der Waals surface area contributed by atoms with Crippen LogP contribution >= 0.6 is 15.9 Å². The zero-order valence-corrected chi connectivity index (χ0v) is 11.2. The Bertz CT molecular complexity index is 670. The molecule has 20 heavy (non-hydrogen) atoms. The predicted molar refractivity (Wildman–Crippen MR) is 67.6 cm³/mol. The van der Waals surface area contributed by atoms with Gasteiger partial charge in [-0.1, -0.05) is 28.1 Å². The van der Waals surface area contributed by atoms with Gasteiger partial charge in [-0.3, -0.25) is 0 Å². The van der Waals surface area contributed by atoms with Crippen LogP contribution in [0, 0.1) is 29.1 Å². The molecule has 0 unspecified atom stereocenters. The number of benzene rings is 2. The molecule has 1 nitrogen and oxygen atoms in total. The van der Waals surface area contributed by atoms with E-state index in [4.69, 9.17) is 0 Å². The Labute approximate surface area is 118 Å². The fourth-order valence-corrected chi connectivity index (χ4v) is 1.85. The second-order valence-corrected chi connectivity index (χ2v) is 4.65. The minimum absolute atomic E-state index is 0.434. The molecule has 0 spiro atoms. The van der Waals surface area contributed by atoms with Crippen molar-refractivity contribution in [3.63, 3.8) is 0 Å². The zero-order valence-electron chi connectivity index (χ0n) is 9.60. The molecule has 2 aromatic carbocycles. The zero-order chi connectivity index (χ0) is 14.9. The molecule has 0 radical (unpaired) electrons. The van der Waals surface area contributed by atoms with Gasteiger partial charge in [-0.2, -0.15) is 0 Å². The Morgan fingerprint density at radius 1 is 0.850 bits per heavy atom. The Morgan fingerprint density at radius 3 is 1.95 bits per heavy atom.